The second kappa shape index (κ2) is 5.90. The first-order valence-electron chi connectivity index (χ1n) is 4.71. The van der Waals surface area contributed by atoms with Crippen molar-refractivity contribution in [1.82, 2.24) is 4.98 Å². The Bertz CT molecular complexity index is 426. The summed E-state index contributed by atoms with van der Waals surface area (Å²) in [6.45, 7) is 1.81. The van der Waals surface area contributed by atoms with Crippen LogP contribution >= 0.6 is 15.9 Å². The Labute approximate surface area is 105 Å². The van der Waals surface area contributed by atoms with E-state index in [9.17, 15) is 13.6 Å². The predicted octanol–water partition coefficient (Wildman–Crippen LogP) is 2.97. The highest BCUT2D eigenvalue weighted by atomic mass is 79.9. The summed E-state index contributed by atoms with van der Waals surface area (Å²) in [6.07, 6.45) is -2.73. The maximum absolute atomic E-state index is 12.6. The summed E-state index contributed by atoms with van der Waals surface area (Å²) in [5, 5.41) is 0. The Morgan fingerprint density at radius 2 is 2.24 bits per heavy atom. The lowest BCUT2D eigenvalue weighted by atomic mass is 10.2. The fourth-order valence-corrected chi connectivity index (χ4v) is 1.65. The third kappa shape index (κ3) is 3.12. The van der Waals surface area contributed by atoms with Crippen molar-refractivity contribution in [3.8, 4) is 5.88 Å². The lowest BCUT2D eigenvalue weighted by Crippen LogP contribution is -2.10. The highest BCUT2D eigenvalue weighted by molar-refractivity contribution is 9.10. The van der Waals surface area contributed by atoms with E-state index in [-0.39, 0.29) is 28.2 Å². The van der Waals surface area contributed by atoms with Crippen LogP contribution in [0.3, 0.4) is 0 Å². The SMILES string of the molecule is CCOC(=O)c1nc(OC)c(C(F)F)cc1Br. The van der Waals surface area contributed by atoms with Gasteiger partial charge in [0, 0.05) is 0 Å². The van der Waals surface area contributed by atoms with E-state index in [1.54, 1.807) is 6.92 Å². The van der Waals surface area contributed by atoms with Crippen molar-refractivity contribution in [2.75, 3.05) is 13.7 Å². The monoisotopic (exact) mass is 309 g/mol. The van der Waals surface area contributed by atoms with Gasteiger partial charge in [0.2, 0.25) is 5.88 Å². The number of aromatic nitrogens is 1. The van der Waals surface area contributed by atoms with Gasteiger partial charge in [-0.3, -0.25) is 0 Å². The van der Waals surface area contributed by atoms with Crippen LogP contribution in [0.2, 0.25) is 0 Å². The third-order valence-corrected chi connectivity index (χ3v) is 2.47. The van der Waals surface area contributed by atoms with Gasteiger partial charge in [-0.25, -0.2) is 18.6 Å². The molecule has 0 N–H and O–H groups in total. The average molecular weight is 310 g/mol. The molecule has 0 bridgehead atoms. The molecule has 4 nitrogen and oxygen atoms in total. The van der Waals surface area contributed by atoms with Crippen LogP contribution in [0.15, 0.2) is 10.5 Å². The molecule has 0 amide bonds. The average Bonchev–Trinajstić information content (AvgIpc) is 2.28. The Hall–Kier alpha value is -1.24. The Morgan fingerprint density at radius 3 is 2.71 bits per heavy atom. The number of halogens is 3. The number of nitrogens with zero attached hydrogens (tertiary/aromatic N) is 1. The van der Waals surface area contributed by atoms with E-state index < -0.39 is 12.4 Å². The molecule has 0 aromatic carbocycles. The first kappa shape index (κ1) is 13.8. The van der Waals surface area contributed by atoms with Crippen LogP contribution in [-0.2, 0) is 4.74 Å². The summed E-state index contributed by atoms with van der Waals surface area (Å²) in [5.41, 5.74) is -0.472. The van der Waals surface area contributed by atoms with Gasteiger partial charge in [0.05, 0.1) is 23.8 Å². The lowest BCUT2D eigenvalue weighted by molar-refractivity contribution is 0.0516. The van der Waals surface area contributed by atoms with Crippen LogP contribution in [0.5, 0.6) is 5.88 Å². The standard InChI is InChI=1S/C10H10BrF2NO3/c1-3-17-10(15)7-6(11)4-5(8(12)13)9(14-7)16-2/h4,8H,3H2,1-2H3. The molecule has 1 heterocycles. The molecular weight excluding hydrogens is 300 g/mol. The first-order valence-corrected chi connectivity index (χ1v) is 5.50. The van der Waals surface area contributed by atoms with Gasteiger partial charge in [-0.1, -0.05) is 0 Å². The molecule has 1 aromatic rings. The van der Waals surface area contributed by atoms with Gasteiger partial charge in [0.25, 0.3) is 6.43 Å². The summed E-state index contributed by atoms with van der Waals surface area (Å²) in [4.78, 5) is 15.2. The van der Waals surface area contributed by atoms with Crippen LogP contribution in [0.4, 0.5) is 8.78 Å². The van der Waals surface area contributed by atoms with Crippen molar-refractivity contribution in [2.24, 2.45) is 0 Å². The van der Waals surface area contributed by atoms with Gasteiger partial charge < -0.3 is 9.47 Å². The van der Waals surface area contributed by atoms with Crippen molar-refractivity contribution >= 4 is 21.9 Å². The minimum absolute atomic E-state index is 0.0897. The number of hydrogen-bond acceptors (Lipinski definition) is 4. The summed E-state index contributed by atoms with van der Waals surface area (Å²) in [5.74, 6) is -0.982. The number of methoxy groups -OCH3 is 1. The van der Waals surface area contributed by atoms with Gasteiger partial charge in [0.15, 0.2) is 5.69 Å². The van der Waals surface area contributed by atoms with Crippen LogP contribution < -0.4 is 4.74 Å². The molecule has 17 heavy (non-hydrogen) atoms. The zero-order chi connectivity index (χ0) is 13.0. The van der Waals surface area contributed by atoms with Crippen LogP contribution in [-0.4, -0.2) is 24.7 Å². The van der Waals surface area contributed by atoms with Gasteiger partial charge in [0.1, 0.15) is 0 Å². The molecular formula is C10H10BrF2NO3. The van der Waals surface area contributed by atoms with Crippen molar-refractivity contribution in [3.63, 3.8) is 0 Å². The van der Waals surface area contributed by atoms with Gasteiger partial charge >= 0.3 is 5.97 Å². The number of pyridine rings is 1. The van der Waals surface area contributed by atoms with E-state index in [1.165, 1.54) is 7.11 Å². The Balaban J connectivity index is 3.22. The van der Waals surface area contributed by atoms with Gasteiger partial charge in [-0.05, 0) is 28.9 Å². The second-order valence-electron chi connectivity index (χ2n) is 2.94. The number of esters is 1. The van der Waals surface area contributed by atoms with Crippen molar-refractivity contribution in [2.45, 2.75) is 13.3 Å². The van der Waals surface area contributed by atoms with Gasteiger partial charge in [-0.15, -0.1) is 0 Å². The molecule has 0 fully saturated rings. The maximum Gasteiger partial charge on any atom is 0.358 e. The molecule has 94 valence electrons. The largest absolute Gasteiger partial charge is 0.481 e. The lowest BCUT2D eigenvalue weighted by Gasteiger charge is -2.10. The normalized spacial score (nSPS) is 10.5. The third-order valence-electron chi connectivity index (χ3n) is 1.87. The molecule has 0 saturated heterocycles. The number of ether oxygens (including phenoxy) is 2. The van der Waals surface area contributed by atoms with Crippen LogP contribution in [0.1, 0.15) is 29.4 Å². The van der Waals surface area contributed by atoms with Crippen molar-refractivity contribution in [1.29, 1.82) is 0 Å². The topological polar surface area (TPSA) is 48.4 Å². The summed E-state index contributed by atoms with van der Waals surface area (Å²) < 4.78 is 34.8. The van der Waals surface area contributed by atoms with E-state index in [0.29, 0.717) is 0 Å². The van der Waals surface area contributed by atoms with Crippen molar-refractivity contribution < 1.29 is 23.0 Å². The molecule has 0 radical (unpaired) electrons. The fraction of sp³-hybridized carbons (Fsp3) is 0.400. The second-order valence-corrected chi connectivity index (χ2v) is 3.79. The first-order chi connectivity index (χ1) is 8.01. The Kier molecular flexibility index (Phi) is 4.80. The van der Waals surface area contributed by atoms with Crippen LogP contribution in [0.25, 0.3) is 0 Å². The molecule has 0 spiro atoms. The van der Waals surface area contributed by atoms with E-state index in [0.717, 1.165) is 6.07 Å². The zero-order valence-corrected chi connectivity index (χ0v) is 10.8. The molecule has 1 aromatic heterocycles. The fourth-order valence-electron chi connectivity index (χ4n) is 1.15. The number of carbonyl (C=O) groups excluding carboxylic acids is 1. The molecule has 0 aliphatic rings. The highest BCUT2D eigenvalue weighted by Gasteiger charge is 2.22. The molecule has 1 rings (SSSR count). The number of alkyl halides is 2. The summed E-state index contributed by atoms with van der Waals surface area (Å²) in [7, 11) is 1.21. The van der Waals surface area contributed by atoms with Crippen molar-refractivity contribution in [3.05, 3.63) is 21.8 Å². The summed E-state index contributed by atoms with van der Waals surface area (Å²) in [6, 6.07) is 1.10. The minimum atomic E-state index is -2.73. The maximum atomic E-state index is 12.6. The van der Waals surface area contributed by atoms with E-state index in [1.807, 2.05) is 0 Å². The smallest absolute Gasteiger partial charge is 0.358 e. The van der Waals surface area contributed by atoms with E-state index in [2.05, 4.69) is 20.9 Å². The molecule has 0 aliphatic carbocycles. The molecule has 0 unspecified atom stereocenters. The quantitative estimate of drug-likeness (QED) is 0.802. The molecule has 0 saturated carbocycles. The summed E-state index contributed by atoms with van der Waals surface area (Å²) >= 11 is 3.00. The molecule has 0 aliphatic heterocycles. The molecule has 7 heteroatoms. The highest BCUT2D eigenvalue weighted by Crippen LogP contribution is 2.31. The predicted molar refractivity (Wildman–Crippen MR) is 59.4 cm³/mol. The number of carbonyl (C=O) groups is 1. The van der Waals surface area contributed by atoms with Gasteiger partial charge in [-0.2, -0.15) is 0 Å². The van der Waals surface area contributed by atoms with Crippen LogP contribution in [0, 0.1) is 0 Å². The zero-order valence-electron chi connectivity index (χ0n) is 9.17. The molecule has 0 atom stereocenters. The Morgan fingerprint density at radius 1 is 1.59 bits per heavy atom. The minimum Gasteiger partial charge on any atom is -0.481 e. The van der Waals surface area contributed by atoms with E-state index in [4.69, 9.17) is 9.47 Å². The number of hydrogen-bond donors (Lipinski definition) is 0. The van der Waals surface area contributed by atoms with E-state index >= 15 is 0 Å². The number of rotatable bonds is 4.